The number of sulfone groups is 1. The number of carbonyl (C=O) groups is 1. The zero-order chi connectivity index (χ0) is 31.0. The van der Waals surface area contributed by atoms with Crippen LogP contribution in [0.25, 0.3) is 11.3 Å². The minimum Gasteiger partial charge on any atom is -0.324 e. The molecule has 0 aliphatic carbocycles. The SMILES string of the molecule is Cc1sc(NC(=O)N(CCCS(C)(=O)=O)CCC(c2ccccc2)c2ccccc2)nc1-c1ccc(NS(C)(=O)=O)cc1. The molecule has 9 nitrogen and oxygen atoms in total. The van der Waals surface area contributed by atoms with E-state index in [4.69, 9.17) is 0 Å². The number of sulfonamides is 1. The molecule has 0 radical (unpaired) electrons. The number of urea groups is 1. The number of rotatable bonds is 13. The molecule has 228 valence electrons. The van der Waals surface area contributed by atoms with Gasteiger partial charge >= 0.3 is 6.03 Å². The highest BCUT2D eigenvalue weighted by molar-refractivity contribution is 7.92. The normalized spacial score (nSPS) is 11.8. The van der Waals surface area contributed by atoms with Crippen molar-refractivity contribution in [2.75, 3.05) is 41.4 Å². The molecule has 4 aromatic rings. The molecule has 0 bridgehead atoms. The first-order valence-electron chi connectivity index (χ1n) is 13.8. The third-order valence-corrected chi connectivity index (χ3v) is 9.32. The molecule has 0 spiro atoms. The van der Waals surface area contributed by atoms with E-state index in [1.807, 2.05) is 43.3 Å². The van der Waals surface area contributed by atoms with Gasteiger partial charge in [0.1, 0.15) is 9.84 Å². The molecule has 0 atom stereocenters. The molecule has 12 heteroatoms. The van der Waals surface area contributed by atoms with Crippen molar-refractivity contribution in [2.24, 2.45) is 0 Å². The molecule has 43 heavy (non-hydrogen) atoms. The second kappa shape index (κ2) is 14.2. The van der Waals surface area contributed by atoms with Gasteiger partial charge in [0.15, 0.2) is 5.13 Å². The fraction of sp³-hybridized carbons (Fsp3) is 0.290. The van der Waals surface area contributed by atoms with Gasteiger partial charge in [-0.25, -0.2) is 26.6 Å². The van der Waals surface area contributed by atoms with E-state index in [2.05, 4.69) is 39.3 Å². The fourth-order valence-electron chi connectivity index (χ4n) is 4.81. The van der Waals surface area contributed by atoms with Crippen LogP contribution < -0.4 is 10.0 Å². The van der Waals surface area contributed by atoms with Gasteiger partial charge in [-0.1, -0.05) is 72.8 Å². The zero-order valence-corrected chi connectivity index (χ0v) is 26.8. The van der Waals surface area contributed by atoms with Crippen LogP contribution in [0.4, 0.5) is 15.6 Å². The average molecular weight is 641 g/mol. The van der Waals surface area contributed by atoms with Gasteiger partial charge in [-0.05, 0) is 43.0 Å². The summed E-state index contributed by atoms with van der Waals surface area (Å²) in [6.45, 7) is 2.59. The second-order valence-corrected chi connectivity index (χ2v) is 15.7. The number of thiazole rings is 1. The lowest BCUT2D eigenvalue weighted by Gasteiger charge is -2.26. The maximum atomic E-state index is 13.6. The Hall–Kier alpha value is -3.74. The third kappa shape index (κ3) is 9.91. The van der Waals surface area contributed by atoms with E-state index < -0.39 is 19.9 Å². The predicted molar refractivity (Wildman–Crippen MR) is 175 cm³/mol. The van der Waals surface area contributed by atoms with E-state index in [-0.39, 0.29) is 24.2 Å². The van der Waals surface area contributed by atoms with Crippen molar-refractivity contribution in [1.29, 1.82) is 0 Å². The van der Waals surface area contributed by atoms with Gasteiger partial charge in [-0.2, -0.15) is 0 Å². The largest absolute Gasteiger partial charge is 0.324 e. The Kier molecular flexibility index (Phi) is 10.6. The second-order valence-electron chi connectivity index (χ2n) is 10.4. The van der Waals surface area contributed by atoms with Crippen molar-refractivity contribution in [3.63, 3.8) is 0 Å². The molecule has 0 saturated heterocycles. The number of aromatic nitrogens is 1. The number of anilines is 2. The summed E-state index contributed by atoms with van der Waals surface area (Å²) in [4.78, 5) is 20.7. The summed E-state index contributed by atoms with van der Waals surface area (Å²) >= 11 is 1.34. The number of amides is 2. The first kappa shape index (κ1) is 32.2. The van der Waals surface area contributed by atoms with Gasteiger partial charge in [0.2, 0.25) is 10.0 Å². The van der Waals surface area contributed by atoms with Crippen LogP contribution in [0.5, 0.6) is 0 Å². The quantitative estimate of drug-likeness (QED) is 0.185. The Bertz CT molecular complexity index is 1690. The number of nitrogens with one attached hydrogen (secondary N) is 2. The monoisotopic (exact) mass is 640 g/mol. The van der Waals surface area contributed by atoms with Crippen LogP contribution in [0.1, 0.15) is 34.8 Å². The number of carbonyl (C=O) groups excluding carboxylic acids is 1. The standard InChI is InChI=1S/C31H36N4O5S3/c1-23-29(26-15-17-27(18-16-26)34-43(3,39)40)32-30(41-23)33-31(36)35(20-10-22-42(2,37)38)21-19-28(24-11-6-4-7-12-24)25-13-8-5-9-14-25/h4-9,11-18,28,34H,10,19-22H2,1-3H3,(H,32,33,36). The van der Waals surface area contributed by atoms with E-state index in [1.165, 1.54) is 17.6 Å². The van der Waals surface area contributed by atoms with E-state index in [0.717, 1.165) is 27.8 Å². The molecule has 0 unspecified atom stereocenters. The van der Waals surface area contributed by atoms with Gasteiger partial charge in [-0.15, -0.1) is 11.3 Å². The molecule has 0 fully saturated rings. The van der Waals surface area contributed by atoms with Crippen molar-refractivity contribution < 1.29 is 21.6 Å². The Morgan fingerprint density at radius 1 is 0.860 bits per heavy atom. The molecule has 1 heterocycles. The summed E-state index contributed by atoms with van der Waals surface area (Å²) in [6, 6.07) is 26.8. The van der Waals surface area contributed by atoms with Crippen LogP contribution in [-0.2, 0) is 19.9 Å². The lowest BCUT2D eigenvalue weighted by atomic mass is 9.88. The van der Waals surface area contributed by atoms with E-state index in [0.29, 0.717) is 35.9 Å². The summed E-state index contributed by atoms with van der Waals surface area (Å²) in [5.41, 5.74) is 4.20. The van der Waals surface area contributed by atoms with Gasteiger partial charge in [-0.3, -0.25) is 10.0 Å². The highest BCUT2D eigenvalue weighted by Gasteiger charge is 2.21. The van der Waals surface area contributed by atoms with E-state index >= 15 is 0 Å². The van der Waals surface area contributed by atoms with Crippen molar-refractivity contribution in [2.45, 2.75) is 25.7 Å². The highest BCUT2D eigenvalue weighted by Crippen LogP contribution is 2.32. The molecular weight excluding hydrogens is 605 g/mol. The third-order valence-electron chi connectivity index (χ3n) is 6.79. The van der Waals surface area contributed by atoms with Crippen LogP contribution >= 0.6 is 11.3 Å². The zero-order valence-electron chi connectivity index (χ0n) is 24.4. The van der Waals surface area contributed by atoms with Gasteiger partial charge < -0.3 is 4.90 Å². The summed E-state index contributed by atoms with van der Waals surface area (Å²) in [7, 11) is -6.56. The summed E-state index contributed by atoms with van der Waals surface area (Å²) in [5.74, 6) is 0.0453. The highest BCUT2D eigenvalue weighted by atomic mass is 32.2. The van der Waals surface area contributed by atoms with E-state index in [9.17, 15) is 21.6 Å². The summed E-state index contributed by atoms with van der Waals surface area (Å²) in [5, 5.41) is 3.34. The maximum absolute atomic E-state index is 13.6. The Balaban J connectivity index is 1.51. The minimum atomic E-state index is -3.39. The smallest absolute Gasteiger partial charge is 0.323 e. The number of aryl methyl sites for hydroxylation is 1. The molecule has 0 aliphatic rings. The molecule has 2 N–H and O–H groups in total. The van der Waals surface area contributed by atoms with E-state index in [1.54, 1.807) is 29.2 Å². The van der Waals surface area contributed by atoms with Crippen LogP contribution in [0.15, 0.2) is 84.9 Å². The summed E-state index contributed by atoms with van der Waals surface area (Å²) < 4.78 is 49.1. The van der Waals surface area contributed by atoms with Crippen LogP contribution in [0.2, 0.25) is 0 Å². The lowest BCUT2D eigenvalue weighted by Crippen LogP contribution is -2.37. The molecule has 2 amide bonds. The molecule has 1 aromatic heterocycles. The van der Waals surface area contributed by atoms with Crippen LogP contribution in [-0.4, -0.2) is 64.1 Å². The lowest BCUT2D eigenvalue weighted by molar-refractivity contribution is 0.210. The summed E-state index contributed by atoms with van der Waals surface area (Å²) in [6.07, 6.45) is 3.26. The Morgan fingerprint density at radius 3 is 1.98 bits per heavy atom. The van der Waals surface area contributed by atoms with Crippen LogP contribution in [0.3, 0.4) is 0 Å². The number of hydrogen-bond donors (Lipinski definition) is 2. The average Bonchev–Trinajstić information content (AvgIpc) is 3.31. The van der Waals surface area contributed by atoms with Gasteiger partial charge in [0.25, 0.3) is 0 Å². The van der Waals surface area contributed by atoms with Crippen molar-refractivity contribution >= 4 is 48.0 Å². The molecule has 4 rings (SSSR count). The number of hydrogen-bond acceptors (Lipinski definition) is 7. The molecule has 0 aliphatic heterocycles. The van der Waals surface area contributed by atoms with Crippen molar-refractivity contribution in [3.05, 3.63) is 101 Å². The van der Waals surface area contributed by atoms with Crippen LogP contribution in [0, 0.1) is 6.92 Å². The maximum Gasteiger partial charge on any atom is 0.323 e. The van der Waals surface area contributed by atoms with Crippen molar-refractivity contribution in [3.8, 4) is 11.3 Å². The molecule has 0 saturated carbocycles. The van der Waals surface area contributed by atoms with Gasteiger partial charge in [0.05, 0.1) is 17.7 Å². The number of benzene rings is 3. The fourth-order valence-corrected chi connectivity index (χ4v) is 6.86. The van der Waals surface area contributed by atoms with Crippen molar-refractivity contribution in [1.82, 2.24) is 9.88 Å². The molecule has 3 aromatic carbocycles. The first-order chi connectivity index (χ1) is 20.4. The Labute approximate surface area is 258 Å². The van der Waals surface area contributed by atoms with Gasteiger partial charge in [0, 0.05) is 41.4 Å². The predicted octanol–water partition coefficient (Wildman–Crippen LogP) is 5.98. The Morgan fingerprint density at radius 2 is 1.44 bits per heavy atom. The topological polar surface area (TPSA) is 126 Å². The first-order valence-corrected chi connectivity index (χ1v) is 18.5. The molecular formula is C31H36N4O5S3. The number of nitrogens with zero attached hydrogens (tertiary/aromatic N) is 2. The minimum absolute atomic E-state index is 0.0116.